The van der Waals surface area contributed by atoms with Crippen molar-refractivity contribution in [1.29, 1.82) is 0 Å². The van der Waals surface area contributed by atoms with Gasteiger partial charge in [0.05, 0.1) is 4.92 Å². The average molecular weight is 355 g/mol. The largest absolute Gasteiger partial charge is 0.477 e. The molecule has 0 amide bonds. The number of piperazine rings is 1. The normalized spacial score (nSPS) is 15.1. The first kappa shape index (κ1) is 17.9. The SMILES string of the molecule is Cc1cc(C(=O)O)c([N+](=O)[O-])cc1-c1ccc(N2CCN(C)CC2)cc1. The monoisotopic (exact) mass is 355 g/mol. The highest BCUT2D eigenvalue weighted by molar-refractivity contribution is 5.94. The zero-order chi connectivity index (χ0) is 18.8. The maximum Gasteiger partial charge on any atom is 0.342 e. The quantitative estimate of drug-likeness (QED) is 0.670. The summed E-state index contributed by atoms with van der Waals surface area (Å²) in [4.78, 5) is 26.4. The predicted octanol–water partition coefficient (Wildman–Crippen LogP) is 3.02. The van der Waals surface area contributed by atoms with E-state index in [1.807, 2.05) is 24.3 Å². The van der Waals surface area contributed by atoms with Gasteiger partial charge in [0, 0.05) is 37.9 Å². The predicted molar refractivity (Wildman–Crippen MR) is 99.9 cm³/mol. The van der Waals surface area contributed by atoms with Gasteiger partial charge in [0.1, 0.15) is 5.56 Å². The minimum atomic E-state index is -1.29. The molecule has 0 saturated carbocycles. The Hall–Kier alpha value is -2.93. The molecule has 1 saturated heterocycles. The van der Waals surface area contributed by atoms with Crippen molar-refractivity contribution in [2.75, 3.05) is 38.1 Å². The molecule has 1 N–H and O–H groups in total. The van der Waals surface area contributed by atoms with Crippen molar-refractivity contribution in [3.63, 3.8) is 0 Å². The Labute approximate surface area is 151 Å². The van der Waals surface area contributed by atoms with Gasteiger partial charge in [-0.3, -0.25) is 10.1 Å². The zero-order valence-electron chi connectivity index (χ0n) is 14.8. The average Bonchev–Trinajstić information content (AvgIpc) is 2.62. The number of carbonyl (C=O) groups is 1. The Morgan fingerprint density at radius 3 is 2.27 bits per heavy atom. The highest BCUT2D eigenvalue weighted by Gasteiger charge is 2.22. The summed E-state index contributed by atoms with van der Waals surface area (Å²) in [6.07, 6.45) is 0. The second-order valence-corrected chi connectivity index (χ2v) is 6.58. The lowest BCUT2D eigenvalue weighted by atomic mass is 9.96. The van der Waals surface area contributed by atoms with E-state index >= 15 is 0 Å². The van der Waals surface area contributed by atoms with Crippen molar-refractivity contribution in [3.8, 4) is 11.1 Å². The molecule has 0 aromatic heterocycles. The van der Waals surface area contributed by atoms with E-state index in [1.54, 1.807) is 6.92 Å². The molecule has 1 heterocycles. The Morgan fingerprint density at radius 2 is 1.73 bits per heavy atom. The van der Waals surface area contributed by atoms with Gasteiger partial charge in [-0.15, -0.1) is 0 Å². The van der Waals surface area contributed by atoms with Gasteiger partial charge in [0.2, 0.25) is 0 Å². The molecule has 3 rings (SSSR count). The Balaban J connectivity index is 1.93. The van der Waals surface area contributed by atoms with Crippen molar-refractivity contribution in [3.05, 3.63) is 57.6 Å². The molecule has 0 atom stereocenters. The molecule has 2 aromatic rings. The Kier molecular flexibility index (Phi) is 4.90. The second kappa shape index (κ2) is 7.13. The standard InChI is InChI=1S/C19H21N3O4/c1-13-11-17(19(23)24)18(22(25)26)12-16(13)14-3-5-15(6-4-14)21-9-7-20(2)8-10-21/h3-6,11-12H,7-10H2,1-2H3,(H,23,24). The number of hydrogen-bond acceptors (Lipinski definition) is 5. The van der Waals surface area contributed by atoms with Gasteiger partial charge in [-0.05, 0) is 48.9 Å². The summed E-state index contributed by atoms with van der Waals surface area (Å²) in [5, 5.41) is 20.4. The lowest BCUT2D eigenvalue weighted by Gasteiger charge is -2.34. The number of nitro groups is 1. The van der Waals surface area contributed by atoms with Crippen LogP contribution in [-0.2, 0) is 0 Å². The van der Waals surface area contributed by atoms with E-state index in [9.17, 15) is 20.0 Å². The van der Waals surface area contributed by atoms with Crippen molar-refractivity contribution in [2.24, 2.45) is 0 Å². The number of benzene rings is 2. The van der Waals surface area contributed by atoms with Gasteiger partial charge in [0.25, 0.3) is 5.69 Å². The van der Waals surface area contributed by atoms with Gasteiger partial charge in [-0.2, -0.15) is 0 Å². The van der Waals surface area contributed by atoms with E-state index in [0.717, 1.165) is 37.4 Å². The summed E-state index contributed by atoms with van der Waals surface area (Å²) in [5.74, 6) is -1.29. The zero-order valence-corrected chi connectivity index (χ0v) is 14.8. The Bertz CT molecular complexity index is 841. The third-order valence-corrected chi connectivity index (χ3v) is 4.82. The number of aromatic carboxylic acids is 1. The fourth-order valence-electron chi connectivity index (χ4n) is 3.25. The van der Waals surface area contributed by atoms with Crippen LogP contribution in [0.15, 0.2) is 36.4 Å². The second-order valence-electron chi connectivity index (χ2n) is 6.58. The van der Waals surface area contributed by atoms with Crippen LogP contribution < -0.4 is 4.90 Å². The minimum Gasteiger partial charge on any atom is -0.477 e. The molecule has 1 fully saturated rings. The molecule has 0 spiro atoms. The van der Waals surface area contributed by atoms with Crippen molar-refractivity contribution >= 4 is 17.3 Å². The van der Waals surface area contributed by atoms with Gasteiger partial charge < -0.3 is 14.9 Å². The van der Waals surface area contributed by atoms with Crippen LogP contribution in [0.5, 0.6) is 0 Å². The number of aryl methyl sites for hydroxylation is 1. The molecule has 0 radical (unpaired) electrons. The van der Waals surface area contributed by atoms with Crippen LogP contribution in [0.25, 0.3) is 11.1 Å². The summed E-state index contributed by atoms with van der Waals surface area (Å²) in [7, 11) is 2.11. The molecule has 1 aliphatic heterocycles. The fourth-order valence-corrected chi connectivity index (χ4v) is 3.25. The molecule has 26 heavy (non-hydrogen) atoms. The van der Waals surface area contributed by atoms with E-state index in [0.29, 0.717) is 11.1 Å². The third kappa shape index (κ3) is 3.52. The van der Waals surface area contributed by atoms with Crippen LogP contribution in [0, 0.1) is 17.0 Å². The lowest BCUT2D eigenvalue weighted by molar-refractivity contribution is -0.385. The van der Waals surface area contributed by atoms with Gasteiger partial charge in [-0.25, -0.2) is 4.79 Å². The highest BCUT2D eigenvalue weighted by atomic mass is 16.6. The molecule has 2 aromatic carbocycles. The van der Waals surface area contributed by atoms with Crippen molar-refractivity contribution in [2.45, 2.75) is 6.92 Å². The van der Waals surface area contributed by atoms with E-state index in [4.69, 9.17) is 0 Å². The van der Waals surface area contributed by atoms with Gasteiger partial charge in [-0.1, -0.05) is 12.1 Å². The van der Waals surface area contributed by atoms with Crippen LogP contribution in [0.2, 0.25) is 0 Å². The van der Waals surface area contributed by atoms with Crippen LogP contribution in [0.3, 0.4) is 0 Å². The number of nitro benzene ring substituents is 1. The van der Waals surface area contributed by atoms with Crippen LogP contribution >= 0.6 is 0 Å². The highest BCUT2D eigenvalue weighted by Crippen LogP contribution is 2.32. The molecule has 0 unspecified atom stereocenters. The molecule has 7 nitrogen and oxygen atoms in total. The number of hydrogen-bond donors (Lipinski definition) is 1. The van der Waals surface area contributed by atoms with Crippen molar-refractivity contribution < 1.29 is 14.8 Å². The third-order valence-electron chi connectivity index (χ3n) is 4.82. The summed E-state index contributed by atoms with van der Waals surface area (Å²) < 4.78 is 0. The lowest BCUT2D eigenvalue weighted by Crippen LogP contribution is -2.44. The number of rotatable bonds is 4. The smallest absolute Gasteiger partial charge is 0.342 e. The molecule has 7 heteroatoms. The first-order valence-corrected chi connectivity index (χ1v) is 8.43. The topological polar surface area (TPSA) is 86.9 Å². The summed E-state index contributed by atoms with van der Waals surface area (Å²) in [6.45, 7) is 5.73. The first-order valence-electron chi connectivity index (χ1n) is 8.43. The van der Waals surface area contributed by atoms with E-state index in [1.165, 1.54) is 12.1 Å². The maximum absolute atomic E-state index is 11.3. The number of likely N-dealkylation sites (N-methyl/N-ethyl adjacent to an activating group) is 1. The van der Waals surface area contributed by atoms with Gasteiger partial charge in [0.15, 0.2) is 0 Å². The first-order chi connectivity index (χ1) is 12.4. The van der Waals surface area contributed by atoms with Crippen LogP contribution in [-0.4, -0.2) is 54.1 Å². The molecule has 0 aliphatic carbocycles. The summed E-state index contributed by atoms with van der Waals surface area (Å²) >= 11 is 0. The van der Waals surface area contributed by atoms with E-state index in [2.05, 4.69) is 16.8 Å². The molecular formula is C19H21N3O4. The number of carboxylic acids is 1. The summed E-state index contributed by atoms with van der Waals surface area (Å²) in [5.41, 5.74) is 2.65. The fraction of sp³-hybridized carbons (Fsp3) is 0.316. The van der Waals surface area contributed by atoms with Crippen LogP contribution in [0.4, 0.5) is 11.4 Å². The minimum absolute atomic E-state index is 0.287. The van der Waals surface area contributed by atoms with Crippen LogP contribution in [0.1, 0.15) is 15.9 Å². The Morgan fingerprint density at radius 1 is 1.12 bits per heavy atom. The molecule has 136 valence electrons. The molecule has 1 aliphatic rings. The number of carboxylic acid groups (broad SMARTS) is 1. The van der Waals surface area contributed by atoms with E-state index < -0.39 is 10.9 Å². The number of anilines is 1. The molecule has 0 bridgehead atoms. The molecular weight excluding hydrogens is 334 g/mol. The number of nitrogens with zero attached hydrogens (tertiary/aromatic N) is 3. The maximum atomic E-state index is 11.3. The van der Waals surface area contributed by atoms with Crippen molar-refractivity contribution in [1.82, 2.24) is 4.90 Å². The van der Waals surface area contributed by atoms with Gasteiger partial charge >= 0.3 is 5.97 Å². The summed E-state index contributed by atoms with van der Waals surface area (Å²) in [6, 6.07) is 10.6. The van der Waals surface area contributed by atoms with E-state index in [-0.39, 0.29) is 11.3 Å².